The number of pyridine rings is 1. The minimum Gasteiger partial charge on any atom is -0.463 e. The summed E-state index contributed by atoms with van der Waals surface area (Å²) < 4.78 is 18.5. The van der Waals surface area contributed by atoms with Crippen LogP contribution >= 0.6 is 11.6 Å². The number of halogens is 2. The molecule has 0 bridgehead atoms. The molecule has 0 aliphatic rings. The smallest absolute Gasteiger partial charge is 0.330 e. The van der Waals surface area contributed by atoms with Crippen molar-refractivity contribution in [2.45, 2.75) is 13.8 Å². The maximum Gasteiger partial charge on any atom is 0.330 e. The van der Waals surface area contributed by atoms with Crippen molar-refractivity contribution in [3.8, 4) is 0 Å². The molecular weight excluding hydrogens is 259 g/mol. The second-order valence-corrected chi connectivity index (χ2v) is 3.78. The van der Waals surface area contributed by atoms with Gasteiger partial charge in [-0.15, -0.1) is 0 Å². The highest BCUT2D eigenvalue weighted by molar-refractivity contribution is 6.31. The maximum atomic E-state index is 13.8. The van der Waals surface area contributed by atoms with E-state index in [1.165, 1.54) is 19.1 Å². The molecule has 0 aromatic carbocycles. The molecule has 0 aliphatic carbocycles. The van der Waals surface area contributed by atoms with Gasteiger partial charge in [-0.3, -0.25) is 0 Å². The van der Waals surface area contributed by atoms with Gasteiger partial charge in [0.15, 0.2) is 5.82 Å². The van der Waals surface area contributed by atoms with Crippen molar-refractivity contribution in [1.29, 1.82) is 0 Å². The zero-order valence-corrected chi connectivity index (χ0v) is 11.1. The standard InChI is InChI=1S/C12H14ClFN2O2/c1-4-18-9(17)6-5-8-11(15-3)10(14)7(2)16-12(8)13/h5-6H,4H2,1-3H3,(H,15,16)/b6-5+. The minimum absolute atomic E-state index is 0.124. The third-order valence-corrected chi connectivity index (χ3v) is 2.51. The molecule has 0 atom stereocenters. The van der Waals surface area contributed by atoms with Crippen molar-refractivity contribution >= 4 is 29.3 Å². The average Bonchev–Trinajstić information content (AvgIpc) is 2.32. The predicted molar refractivity (Wildman–Crippen MR) is 69.2 cm³/mol. The first-order valence-corrected chi connectivity index (χ1v) is 5.77. The second-order valence-electron chi connectivity index (χ2n) is 3.43. The van der Waals surface area contributed by atoms with E-state index in [4.69, 9.17) is 16.3 Å². The summed E-state index contributed by atoms with van der Waals surface area (Å²) in [5.74, 6) is -1.01. The fraction of sp³-hybridized carbons (Fsp3) is 0.333. The van der Waals surface area contributed by atoms with Crippen molar-refractivity contribution in [2.75, 3.05) is 19.0 Å². The number of hydrogen-bond acceptors (Lipinski definition) is 4. The maximum absolute atomic E-state index is 13.8. The highest BCUT2D eigenvalue weighted by atomic mass is 35.5. The van der Waals surface area contributed by atoms with Crippen LogP contribution in [0.5, 0.6) is 0 Å². The zero-order valence-electron chi connectivity index (χ0n) is 10.4. The molecule has 0 saturated heterocycles. The minimum atomic E-state index is -0.517. The molecule has 0 radical (unpaired) electrons. The van der Waals surface area contributed by atoms with Crippen LogP contribution in [0.1, 0.15) is 18.2 Å². The molecule has 1 N–H and O–H groups in total. The van der Waals surface area contributed by atoms with Crippen molar-refractivity contribution in [3.05, 3.63) is 28.3 Å². The van der Waals surface area contributed by atoms with Gasteiger partial charge in [-0.25, -0.2) is 14.2 Å². The SMILES string of the molecule is CCOC(=O)/C=C/c1c(Cl)nc(C)c(F)c1NC. The van der Waals surface area contributed by atoms with Gasteiger partial charge < -0.3 is 10.1 Å². The monoisotopic (exact) mass is 272 g/mol. The Morgan fingerprint density at radius 1 is 1.61 bits per heavy atom. The summed E-state index contributed by atoms with van der Waals surface area (Å²) in [5, 5.41) is 2.82. The lowest BCUT2D eigenvalue weighted by Gasteiger charge is -2.10. The number of esters is 1. The van der Waals surface area contributed by atoms with E-state index in [9.17, 15) is 9.18 Å². The van der Waals surface area contributed by atoms with Crippen LogP contribution in [0.3, 0.4) is 0 Å². The van der Waals surface area contributed by atoms with Gasteiger partial charge in [-0.05, 0) is 19.9 Å². The Balaban J connectivity index is 3.16. The van der Waals surface area contributed by atoms with Crippen LogP contribution < -0.4 is 5.32 Å². The molecule has 0 amide bonds. The summed E-state index contributed by atoms with van der Waals surface area (Å²) in [6.07, 6.45) is 2.56. The summed E-state index contributed by atoms with van der Waals surface area (Å²) in [6.45, 7) is 3.49. The molecule has 1 heterocycles. The van der Waals surface area contributed by atoms with Gasteiger partial charge in [0.05, 0.1) is 18.0 Å². The molecule has 0 saturated carbocycles. The summed E-state index contributed by atoms with van der Waals surface area (Å²) in [7, 11) is 1.57. The van der Waals surface area contributed by atoms with E-state index >= 15 is 0 Å². The topological polar surface area (TPSA) is 51.2 Å². The average molecular weight is 273 g/mol. The Kier molecular flexibility index (Phi) is 5.09. The van der Waals surface area contributed by atoms with E-state index in [0.29, 0.717) is 5.56 Å². The molecule has 4 nitrogen and oxygen atoms in total. The van der Waals surface area contributed by atoms with E-state index in [-0.39, 0.29) is 23.1 Å². The van der Waals surface area contributed by atoms with Crippen LogP contribution in [0.15, 0.2) is 6.08 Å². The number of aryl methyl sites for hydroxylation is 1. The van der Waals surface area contributed by atoms with Crippen molar-refractivity contribution in [1.82, 2.24) is 4.98 Å². The normalized spacial score (nSPS) is 10.7. The summed E-state index contributed by atoms with van der Waals surface area (Å²) >= 11 is 5.92. The number of rotatable bonds is 4. The quantitative estimate of drug-likeness (QED) is 0.520. The Bertz CT molecular complexity index is 489. The fourth-order valence-electron chi connectivity index (χ4n) is 1.40. The van der Waals surface area contributed by atoms with Gasteiger partial charge in [0.1, 0.15) is 5.15 Å². The molecule has 6 heteroatoms. The Morgan fingerprint density at radius 2 is 2.28 bits per heavy atom. The molecule has 98 valence electrons. The fourth-order valence-corrected chi connectivity index (χ4v) is 1.68. The van der Waals surface area contributed by atoms with Crippen LogP contribution in [0, 0.1) is 12.7 Å². The Morgan fingerprint density at radius 3 is 2.83 bits per heavy atom. The summed E-state index contributed by atoms with van der Waals surface area (Å²) in [6, 6.07) is 0. The number of ether oxygens (including phenoxy) is 1. The number of hydrogen-bond donors (Lipinski definition) is 1. The number of carbonyl (C=O) groups excluding carboxylic acids is 1. The molecule has 1 aromatic rings. The first-order valence-electron chi connectivity index (χ1n) is 5.39. The van der Waals surface area contributed by atoms with Gasteiger partial charge in [0, 0.05) is 18.7 Å². The zero-order chi connectivity index (χ0) is 13.7. The van der Waals surface area contributed by atoms with E-state index in [0.717, 1.165) is 0 Å². The van der Waals surface area contributed by atoms with E-state index < -0.39 is 11.8 Å². The number of aromatic nitrogens is 1. The Labute approximate surface area is 110 Å². The van der Waals surface area contributed by atoms with Gasteiger partial charge in [-0.2, -0.15) is 0 Å². The van der Waals surface area contributed by atoms with Crippen molar-refractivity contribution in [3.63, 3.8) is 0 Å². The highest BCUT2D eigenvalue weighted by Crippen LogP contribution is 2.28. The molecule has 18 heavy (non-hydrogen) atoms. The molecule has 0 unspecified atom stereocenters. The van der Waals surface area contributed by atoms with Gasteiger partial charge in [0.25, 0.3) is 0 Å². The molecule has 0 aliphatic heterocycles. The van der Waals surface area contributed by atoms with Gasteiger partial charge in [-0.1, -0.05) is 11.6 Å². The molecule has 1 rings (SSSR count). The number of anilines is 1. The third-order valence-electron chi connectivity index (χ3n) is 2.22. The van der Waals surface area contributed by atoms with E-state index in [1.54, 1.807) is 14.0 Å². The first-order chi connectivity index (χ1) is 8.51. The van der Waals surface area contributed by atoms with Crippen LogP contribution in [0.2, 0.25) is 5.15 Å². The van der Waals surface area contributed by atoms with E-state index in [1.807, 2.05) is 0 Å². The second kappa shape index (κ2) is 6.35. The van der Waals surface area contributed by atoms with Crippen LogP contribution in [0.25, 0.3) is 6.08 Å². The number of nitrogens with zero attached hydrogens (tertiary/aromatic N) is 1. The molecule has 0 spiro atoms. The number of nitrogens with one attached hydrogen (secondary N) is 1. The highest BCUT2D eigenvalue weighted by Gasteiger charge is 2.14. The van der Waals surface area contributed by atoms with Crippen LogP contribution in [-0.4, -0.2) is 24.6 Å². The first kappa shape index (κ1) is 14.4. The number of carbonyl (C=O) groups is 1. The van der Waals surface area contributed by atoms with Crippen LogP contribution in [0.4, 0.5) is 10.1 Å². The van der Waals surface area contributed by atoms with E-state index in [2.05, 4.69) is 10.3 Å². The summed E-state index contributed by atoms with van der Waals surface area (Å²) in [4.78, 5) is 15.0. The Hall–Kier alpha value is -1.62. The largest absolute Gasteiger partial charge is 0.463 e. The third kappa shape index (κ3) is 3.20. The van der Waals surface area contributed by atoms with Gasteiger partial charge in [0.2, 0.25) is 0 Å². The summed E-state index contributed by atoms with van der Waals surface area (Å²) in [5.41, 5.74) is 0.709. The lowest BCUT2D eigenvalue weighted by atomic mass is 10.2. The van der Waals surface area contributed by atoms with Crippen molar-refractivity contribution < 1.29 is 13.9 Å². The lowest BCUT2D eigenvalue weighted by molar-refractivity contribution is -0.137. The van der Waals surface area contributed by atoms with Crippen LogP contribution in [-0.2, 0) is 9.53 Å². The van der Waals surface area contributed by atoms with Crippen molar-refractivity contribution in [2.24, 2.45) is 0 Å². The predicted octanol–water partition coefficient (Wildman–Crippen LogP) is 2.80. The molecule has 1 aromatic heterocycles. The molecular formula is C12H14ClFN2O2. The lowest BCUT2D eigenvalue weighted by Crippen LogP contribution is -2.03. The molecule has 0 fully saturated rings. The van der Waals surface area contributed by atoms with Gasteiger partial charge >= 0.3 is 5.97 Å².